The van der Waals surface area contributed by atoms with E-state index in [2.05, 4.69) is 5.32 Å². The van der Waals surface area contributed by atoms with Crippen molar-refractivity contribution in [2.24, 2.45) is 0 Å². The number of nitrogens with one attached hydrogen (secondary N) is 1. The molecule has 0 aromatic heterocycles. The molecule has 0 heterocycles. The normalized spacial score (nSPS) is 11.8. The second-order valence-corrected chi connectivity index (χ2v) is 12.1. The molecule has 43 heavy (non-hydrogen) atoms. The number of nitrogens with zero attached hydrogens (tertiary/aromatic N) is 2. The molecule has 0 aliphatic carbocycles. The number of sulfonamides is 1. The van der Waals surface area contributed by atoms with Gasteiger partial charge in [0, 0.05) is 13.1 Å². The number of benzene rings is 4. The van der Waals surface area contributed by atoms with E-state index < -0.39 is 28.5 Å². The molecule has 0 saturated carbocycles. The Morgan fingerprint density at radius 2 is 1.47 bits per heavy atom. The number of hydrogen-bond donors (Lipinski definition) is 1. The zero-order valence-electron chi connectivity index (χ0n) is 24.6. The van der Waals surface area contributed by atoms with Crippen molar-refractivity contribution in [3.63, 3.8) is 0 Å². The third-order valence-corrected chi connectivity index (χ3v) is 8.65. The van der Waals surface area contributed by atoms with E-state index in [1.54, 1.807) is 49.4 Å². The fraction of sp³-hybridized carbons (Fsp3) is 0.235. The maximum absolute atomic E-state index is 14.0. The summed E-state index contributed by atoms with van der Waals surface area (Å²) in [5.41, 5.74) is 2.14. The Morgan fingerprint density at radius 1 is 0.837 bits per heavy atom. The van der Waals surface area contributed by atoms with Crippen LogP contribution in [0.15, 0.2) is 114 Å². The SMILES string of the molecule is CCCNC(=O)[C@@H](C)N(Cc1cccc(C)c1)C(=O)CN(c1ccc(Oc2ccccc2)cc1)S(=O)(=O)c1ccccc1. The Hall–Kier alpha value is -4.63. The highest BCUT2D eigenvalue weighted by Crippen LogP contribution is 2.28. The molecule has 0 saturated heterocycles. The molecule has 0 spiro atoms. The number of ether oxygens (including phenoxy) is 1. The third-order valence-electron chi connectivity index (χ3n) is 6.87. The molecule has 2 amide bonds. The Labute approximate surface area is 254 Å². The molecule has 1 atom stereocenters. The molecule has 4 rings (SSSR count). The number of amides is 2. The molecular weight excluding hydrogens is 562 g/mol. The van der Waals surface area contributed by atoms with Crippen molar-refractivity contribution in [2.45, 2.75) is 44.7 Å². The predicted molar refractivity (Wildman–Crippen MR) is 168 cm³/mol. The average Bonchev–Trinajstić information content (AvgIpc) is 3.02. The van der Waals surface area contributed by atoms with Crippen LogP contribution in [0.1, 0.15) is 31.4 Å². The Kier molecular flexibility index (Phi) is 10.6. The molecule has 224 valence electrons. The first kappa shape index (κ1) is 31.3. The molecule has 0 unspecified atom stereocenters. The molecule has 0 radical (unpaired) electrons. The topological polar surface area (TPSA) is 96.0 Å². The van der Waals surface area contributed by atoms with Gasteiger partial charge in [0.1, 0.15) is 24.1 Å². The standard InChI is InChI=1S/C34H37N3O5S/c1-4-22-35-34(39)27(3)36(24-28-13-11-12-26(2)23-28)33(38)25-37(43(40,41)32-16-9-6-10-17-32)29-18-20-31(21-19-29)42-30-14-7-5-8-15-30/h5-21,23,27H,4,22,24-25H2,1-3H3,(H,35,39)/t27-/m1/s1. The molecule has 0 aliphatic heterocycles. The summed E-state index contributed by atoms with van der Waals surface area (Å²) in [6, 6.07) is 30.6. The van der Waals surface area contributed by atoms with Crippen LogP contribution in [0.5, 0.6) is 11.5 Å². The number of para-hydroxylation sites is 1. The van der Waals surface area contributed by atoms with Crippen molar-refractivity contribution < 1.29 is 22.7 Å². The van der Waals surface area contributed by atoms with Gasteiger partial charge in [-0.25, -0.2) is 8.42 Å². The third kappa shape index (κ3) is 8.23. The van der Waals surface area contributed by atoms with Crippen LogP contribution in [0.25, 0.3) is 0 Å². The Morgan fingerprint density at radius 3 is 2.09 bits per heavy atom. The van der Waals surface area contributed by atoms with Crippen molar-refractivity contribution in [1.29, 1.82) is 0 Å². The van der Waals surface area contributed by atoms with Crippen LogP contribution in [-0.2, 0) is 26.2 Å². The lowest BCUT2D eigenvalue weighted by atomic mass is 10.1. The minimum absolute atomic E-state index is 0.0476. The zero-order chi connectivity index (χ0) is 30.8. The fourth-order valence-corrected chi connectivity index (χ4v) is 5.97. The van der Waals surface area contributed by atoms with Gasteiger partial charge in [-0.1, -0.05) is 73.2 Å². The maximum Gasteiger partial charge on any atom is 0.264 e. The lowest BCUT2D eigenvalue weighted by Crippen LogP contribution is -2.51. The van der Waals surface area contributed by atoms with Gasteiger partial charge >= 0.3 is 0 Å². The van der Waals surface area contributed by atoms with Crippen molar-refractivity contribution in [3.05, 3.63) is 120 Å². The van der Waals surface area contributed by atoms with Gasteiger partial charge in [0.25, 0.3) is 10.0 Å². The van der Waals surface area contributed by atoms with Crippen LogP contribution in [0.2, 0.25) is 0 Å². The van der Waals surface area contributed by atoms with E-state index in [1.165, 1.54) is 17.0 Å². The van der Waals surface area contributed by atoms with Crippen LogP contribution in [0, 0.1) is 6.92 Å². The second-order valence-electron chi connectivity index (χ2n) is 10.2. The fourth-order valence-electron chi connectivity index (χ4n) is 4.54. The minimum atomic E-state index is -4.15. The smallest absolute Gasteiger partial charge is 0.264 e. The van der Waals surface area contributed by atoms with Gasteiger partial charge in [0.15, 0.2) is 0 Å². The van der Waals surface area contributed by atoms with Gasteiger partial charge in [-0.3, -0.25) is 13.9 Å². The van der Waals surface area contributed by atoms with Crippen molar-refractivity contribution >= 4 is 27.5 Å². The number of carbonyl (C=O) groups is 2. The molecule has 8 nitrogen and oxygen atoms in total. The number of carbonyl (C=O) groups excluding carboxylic acids is 2. The average molecular weight is 600 g/mol. The van der Waals surface area contributed by atoms with Crippen LogP contribution < -0.4 is 14.4 Å². The largest absolute Gasteiger partial charge is 0.457 e. The van der Waals surface area contributed by atoms with E-state index in [1.807, 2.05) is 68.4 Å². The minimum Gasteiger partial charge on any atom is -0.457 e. The number of anilines is 1. The first-order chi connectivity index (χ1) is 20.7. The Balaban J connectivity index is 1.68. The summed E-state index contributed by atoms with van der Waals surface area (Å²) in [6.45, 7) is 5.67. The summed E-state index contributed by atoms with van der Waals surface area (Å²) in [4.78, 5) is 28.5. The highest BCUT2D eigenvalue weighted by molar-refractivity contribution is 7.92. The van der Waals surface area contributed by atoms with E-state index in [4.69, 9.17) is 4.74 Å². The summed E-state index contributed by atoms with van der Waals surface area (Å²) in [6.07, 6.45) is 0.747. The van der Waals surface area contributed by atoms with Gasteiger partial charge in [-0.2, -0.15) is 0 Å². The lowest BCUT2D eigenvalue weighted by Gasteiger charge is -2.32. The molecule has 4 aromatic carbocycles. The summed E-state index contributed by atoms with van der Waals surface area (Å²) in [5.74, 6) is 0.342. The summed E-state index contributed by atoms with van der Waals surface area (Å²) >= 11 is 0. The predicted octanol–water partition coefficient (Wildman–Crippen LogP) is 5.93. The molecule has 0 fully saturated rings. The monoisotopic (exact) mass is 599 g/mol. The van der Waals surface area contributed by atoms with Gasteiger partial charge in [-0.05, 0) is 74.4 Å². The maximum atomic E-state index is 14.0. The van der Waals surface area contributed by atoms with E-state index in [0.717, 1.165) is 21.9 Å². The van der Waals surface area contributed by atoms with E-state index in [9.17, 15) is 18.0 Å². The van der Waals surface area contributed by atoms with Crippen LogP contribution in [0.4, 0.5) is 5.69 Å². The van der Waals surface area contributed by atoms with Gasteiger partial charge in [0.05, 0.1) is 10.6 Å². The first-order valence-corrected chi connectivity index (χ1v) is 15.7. The summed E-state index contributed by atoms with van der Waals surface area (Å²) in [5, 5.41) is 2.85. The van der Waals surface area contributed by atoms with Crippen molar-refractivity contribution in [1.82, 2.24) is 10.2 Å². The van der Waals surface area contributed by atoms with E-state index in [0.29, 0.717) is 18.0 Å². The van der Waals surface area contributed by atoms with Crippen LogP contribution in [0.3, 0.4) is 0 Å². The summed E-state index contributed by atoms with van der Waals surface area (Å²) in [7, 11) is -4.15. The van der Waals surface area contributed by atoms with E-state index in [-0.39, 0.29) is 23.0 Å². The highest BCUT2D eigenvalue weighted by Gasteiger charge is 2.32. The van der Waals surface area contributed by atoms with Crippen LogP contribution >= 0.6 is 0 Å². The van der Waals surface area contributed by atoms with Gasteiger partial charge in [-0.15, -0.1) is 0 Å². The zero-order valence-corrected chi connectivity index (χ0v) is 25.5. The van der Waals surface area contributed by atoms with Crippen LogP contribution in [-0.4, -0.2) is 44.3 Å². The molecule has 0 bridgehead atoms. The number of aryl methyl sites for hydroxylation is 1. The molecule has 1 N–H and O–H groups in total. The molecular formula is C34H37N3O5S. The Bertz CT molecular complexity index is 1610. The van der Waals surface area contributed by atoms with Gasteiger partial charge in [0.2, 0.25) is 11.8 Å². The number of hydrogen-bond acceptors (Lipinski definition) is 5. The first-order valence-electron chi connectivity index (χ1n) is 14.2. The molecule has 0 aliphatic rings. The van der Waals surface area contributed by atoms with Crippen molar-refractivity contribution in [2.75, 3.05) is 17.4 Å². The summed E-state index contributed by atoms with van der Waals surface area (Å²) < 4.78 is 34.9. The second kappa shape index (κ2) is 14.5. The van der Waals surface area contributed by atoms with E-state index >= 15 is 0 Å². The molecule has 9 heteroatoms. The lowest BCUT2D eigenvalue weighted by molar-refractivity contribution is -0.139. The van der Waals surface area contributed by atoms with Gasteiger partial charge < -0.3 is 15.0 Å². The number of rotatable bonds is 13. The molecule has 4 aromatic rings. The van der Waals surface area contributed by atoms with Crippen molar-refractivity contribution in [3.8, 4) is 11.5 Å². The quantitative estimate of drug-likeness (QED) is 0.206. The highest BCUT2D eigenvalue weighted by atomic mass is 32.2.